The molecule has 2 atom stereocenters. The molecule has 0 fully saturated rings. The van der Waals surface area contributed by atoms with E-state index in [9.17, 15) is 14.9 Å². The van der Waals surface area contributed by atoms with Crippen LogP contribution in [0.1, 0.15) is 24.6 Å². The summed E-state index contributed by atoms with van der Waals surface area (Å²) in [5.74, 6) is -2.02. The van der Waals surface area contributed by atoms with Gasteiger partial charge in [0.1, 0.15) is 5.92 Å². The fourth-order valence-electron chi connectivity index (χ4n) is 2.48. The van der Waals surface area contributed by atoms with Gasteiger partial charge in [0, 0.05) is 16.5 Å². The van der Waals surface area contributed by atoms with Crippen molar-refractivity contribution in [1.82, 2.24) is 0 Å². The third-order valence-corrected chi connectivity index (χ3v) is 5.45. The second-order valence-electron chi connectivity index (χ2n) is 5.02. The number of hydrogen-bond acceptors (Lipinski definition) is 7. The Morgan fingerprint density at radius 3 is 2.83 bits per heavy atom. The Bertz CT molecular complexity index is 732. The van der Waals surface area contributed by atoms with Gasteiger partial charge in [-0.15, -0.1) is 11.3 Å². The van der Waals surface area contributed by atoms with Crippen molar-refractivity contribution in [2.24, 2.45) is 16.6 Å². The van der Waals surface area contributed by atoms with Crippen LogP contribution >= 0.6 is 23.1 Å². The standard InChI is InChI=1S/C16H17N3O3S2/c1-3-22-16(21)13-9(2)19-15(24-8-12(18)20)10(7-17)14(13)11-5-4-6-23-11/h4-6,10,14H,3,8H2,1-2H3,(H2,18,20)/t10-,14+/m0/s1. The normalized spacial score (nSPS) is 20.3. The minimum Gasteiger partial charge on any atom is -0.463 e. The van der Waals surface area contributed by atoms with E-state index < -0.39 is 23.7 Å². The van der Waals surface area contributed by atoms with E-state index >= 15 is 0 Å². The number of carbonyl (C=O) groups excluding carboxylic acids is 2. The van der Waals surface area contributed by atoms with Crippen molar-refractivity contribution in [1.29, 1.82) is 5.26 Å². The predicted molar refractivity (Wildman–Crippen MR) is 94.6 cm³/mol. The summed E-state index contributed by atoms with van der Waals surface area (Å²) in [7, 11) is 0. The highest BCUT2D eigenvalue weighted by Crippen LogP contribution is 2.42. The fraction of sp³-hybridized carbons (Fsp3) is 0.375. The van der Waals surface area contributed by atoms with E-state index in [0.29, 0.717) is 16.3 Å². The number of esters is 1. The van der Waals surface area contributed by atoms with Crippen LogP contribution in [0.25, 0.3) is 0 Å². The third-order valence-electron chi connectivity index (χ3n) is 3.42. The minimum atomic E-state index is -0.656. The van der Waals surface area contributed by atoms with Crippen molar-refractivity contribution in [2.75, 3.05) is 12.4 Å². The van der Waals surface area contributed by atoms with E-state index in [2.05, 4.69) is 11.1 Å². The Labute approximate surface area is 148 Å². The lowest BCUT2D eigenvalue weighted by Gasteiger charge is -2.28. The van der Waals surface area contributed by atoms with Crippen molar-refractivity contribution in [3.8, 4) is 6.07 Å². The van der Waals surface area contributed by atoms with E-state index in [4.69, 9.17) is 10.5 Å². The highest BCUT2D eigenvalue weighted by atomic mass is 32.2. The number of aliphatic imine (C=N–C) groups is 1. The summed E-state index contributed by atoms with van der Waals surface area (Å²) in [6, 6.07) is 5.98. The lowest BCUT2D eigenvalue weighted by atomic mass is 9.83. The average Bonchev–Trinajstić information content (AvgIpc) is 3.06. The molecule has 0 spiro atoms. The maximum Gasteiger partial charge on any atom is 0.336 e. The van der Waals surface area contributed by atoms with Gasteiger partial charge in [-0.2, -0.15) is 5.26 Å². The molecule has 24 heavy (non-hydrogen) atoms. The first-order valence-corrected chi connectivity index (χ1v) is 9.16. The molecule has 6 nitrogen and oxygen atoms in total. The van der Waals surface area contributed by atoms with E-state index in [0.717, 1.165) is 16.6 Å². The van der Waals surface area contributed by atoms with Gasteiger partial charge in [0.25, 0.3) is 0 Å². The van der Waals surface area contributed by atoms with Gasteiger partial charge in [-0.1, -0.05) is 17.8 Å². The molecule has 126 valence electrons. The SMILES string of the molecule is CCOC(=O)C1=C(C)N=C(SCC(N)=O)[C@@H](C#N)[C@@H]1c1cccs1. The first kappa shape index (κ1) is 18.2. The minimum absolute atomic E-state index is 0.0379. The zero-order valence-corrected chi connectivity index (χ0v) is 14.9. The van der Waals surface area contributed by atoms with Crippen LogP contribution in [-0.4, -0.2) is 29.3 Å². The topological polar surface area (TPSA) is 106 Å². The zero-order valence-electron chi connectivity index (χ0n) is 13.3. The number of amides is 1. The second-order valence-corrected chi connectivity index (χ2v) is 7.00. The van der Waals surface area contributed by atoms with Gasteiger partial charge < -0.3 is 10.5 Å². The molecule has 0 aliphatic carbocycles. The van der Waals surface area contributed by atoms with Gasteiger partial charge in [0.15, 0.2) is 0 Å². The highest BCUT2D eigenvalue weighted by Gasteiger charge is 2.40. The third kappa shape index (κ3) is 3.86. The molecule has 0 radical (unpaired) electrons. The first-order chi connectivity index (χ1) is 11.5. The molecule has 1 aliphatic heterocycles. The smallest absolute Gasteiger partial charge is 0.336 e. The van der Waals surface area contributed by atoms with Crippen LogP contribution < -0.4 is 5.73 Å². The van der Waals surface area contributed by atoms with Gasteiger partial charge in [-0.25, -0.2) is 9.79 Å². The Morgan fingerprint density at radius 2 is 2.29 bits per heavy atom. The number of ether oxygens (including phenoxy) is 1. The number of carbonyl (C=O) groups is 2. The first-order valence-electron chi connectivity index (χ1n) is 7.30. The molecule has 0 saturated heterocycles. The van der Waals surface area contributed by atoms with Crippen LogP contribution in [0.3, 0.4) is 0 Å². The van der Waals surface area contributed by atoms with Crippen molar-refractivity contribution in [3.63, 3.8) is 0 Å². The van der Waals surface area contributed by atoms with Crippen molar-refractivity contribution >= 4 is 40.0 Å². The lowest BCUT2D eigenvalue weighted by molar-refractivity contribution is -0.139. The molecule has 2 heterocycles. The monoisotopic (exact) mass is 363 g/mol. The quantitative estimate of drug-likeness (QED) is 0.809. The number of nitrogens with two attached hydrogens (primary N) is 1. The molecular formula is C16H17N3O3S2. The predicted octanol–water partition coefficient (Wildman–Crippen LogP) is 2.44. The summed E-state index contributed by atoms with van der Waals surface area (Å²) in [6.07, 6.45) is 0. The number of rotatable bonds is 5. The van der Waals surface area contributed by atoms with E-state index in [1.807, 2.05) is 17.5 Å². The van der Waals surface area contributed by atoms with Crippen LogP contribution in [0, 0.1) is 17.2 Å². The van der Waals surface area contributed by atoms with Gasteiger partial charge >= 0.3 is 5.97 Å². The molecule has 1 aliphatic rings. The Balaban J connectivity index is 2.50. The van der Waals surface area contributed by atoms with Crippen LogP contribution in [0.5, 0.6) is 0 Å². The Hall–Kier alpha value is -2.11. The van der Waals surface area contributed by atoms with E-state index in [1.54, 1.807) is 13.8 Å². The number of thiophene rings is 1. The summed E-state index contributed by atoms with van der Waals surface area (Å²) >= 11 is 2.61. The van der Waals surface area contributed by atoms with Crippen LogP contribution in [0.2, 0.25) is 0 Å². The molecule has 0 aromatic carbocycles. The van der Waals surface area contributed by atoms with Gasteiger partial charge in [0.2, 0.25) is 5.91 Å². The van der Waals surface area contributed by atoms with Crippen LogP contribution in [-0.2, 0) is 14.3 Å². The molecule has 2 rings (SSSR count). The molecule has 2 N–H and O–H groups in total. The van der Waals surface area contributed by atoms with Crippen molar-refractivity contribution in [3.05, 3.63) is 33.7 Å². The van der Waals surface area contributed by atoms with Gasteiger partial charge in [-0.3, -0.25) is 4.79 Å². The number of nitriles is 1. The summed E-state index contributed by atoms with van der Waals surface area (Å²) in [4.78, 5) is 28.7. The van der Waals surface area contributed by atoms with Crippen molar-refractivity contribution < 1.29 is 14.3 Å². The molecule has 0 unspecified atom stereocenters. The number of nitrogens with zero attached hydrogens (tertiary/aromatic N) is 2. The van der Waals surface area contributed by atoms with Crippen LogP contribution in [0.15, 0.2) is 33.8 Å². The van der Waals surface area contributed by atoms with Crippen molar-refractivity contribution in [2.45, 2.75) is 19.8 Å². The van der Waals surface area contributed by atoms with E-state index in [-0.39, 0.29) is 12.4 Å². The zero-order chi connectivity index (χ0) is 17.7. The number of allylic oxidation sites excluding steroid dienone is 1. The summed E-state index contributed by atoms with van der Waals surface area (Å²) in [6.45, 7) is 3.69. The number of thioether (sulfide) groups is 1. The maximum atomic E-state index is 12.4. The molecule has 0 saturated carbocycles. The molecule has 8 heteroatoms. The van der Waals surface area contributed by atoms with Gasteiger partial charge in [-0.05, 0) is 25.3 Å². The molecule has 1 aromatic rings. The molecule has 0 bridgehead atoms. The van der Waals surface area contributed by atoms with Crippen LogP contribution in [0.4, 0.5) is 0 Å². The molecular weight excluding hydrogens is 346 g/mol. The summed E-state index contributed by atoms with van der Waals surface area (Å²) < 4.78 is 5.15. The summed E-state index contributed by atoms with van der Waals surface area (Å²) in [5, 5.41) is 12.1. The van der Waals surface area contributed by atoms with Gasteiger partial charge in [0.05, 0.1) is 29.0 Å². The largest absolute Gasteiger partial charge is 0.463 e. The molecule has 1 amide bonds. The number of primary amides is 1. The fourth-order valence-corrected chi connectivity index (χ4v) is 4.22. The maximum absolute atomic E-state index is 12.4. The lowest BCUT2D eigenvalue weighted by Crippen LogP contribution is -2.30. The highest BCUT2D eigenvalue weighted by molar-refractivity contribution is 8.14. The van der Waals surface area contributed by atoms with E-state index in [1.165, 1.54) is 11.3 Å². The average molecular weight is 363 g/mol. The molecule has 1 aromatic heterocycles. The Morgan fingerprint density at radius 1 is 1.54 bits per heavy atom. The second kappa shape index (κ2) is 8.13. The Kier molecular flexibility index (Phi) is 6.17. The number of hydrogen-bond donors (Lipinski definition) is 1. The summed E-state index contributed by atoms with van der Waals surface area (Å²) in [5.41, 5.74) is 6.10.